The molecule has 1 fully saturated rings. The Morgan fingerprint density at radius 2 is 1.44 bits per heavy atom. The Balaban J connectivity index is 1.75. The first-order chi connectivity index (χ1) is 16.5. The fourth-order valence-corrected chi connectivity index (χ4v) is 4.17. The molecule has 0 atom stereocenters. The third-order valence-electron chi connectivity index (χ3n) is 6.02. The van der Waals surface area contributed by atoms with Gasteiger partial charge in [-0.15, -0.1) is 0 Å². The van der Waals surface area contributed by atoms with E-state index in [9.17, 15) is 9.90 Å². The Labute approximate surface area is 200 Å². The predicted molar refractivity (Wildman–Crippen MR) is 136 cm³/mol. The normalized spacial score (nSPS) is 16.2. The van der Waals surface area contributed by atoms with Crippen molar-refractivity contribution in [3.05, 3.63) is 100 Å². The quantitative estimate of drug-likeness (QED) is 0.527. The molecule has 0 aromatic heterocycles. The maximum absolute atomic E-state index is 13.5. The van der Waals surface area contributed by atoms with Crippen LogP contribution in [0.3, 0.4) is 0 Å². The van der Waals surface area contributed by atoms with Gasteiger partial charge in [-0.1, -0.05) is 42.5 Å². The van der Waals surface area contributed by atoms with Gasteiger partial charge in [0.2, 0.25) is 0 Å². The number of ether oxygens (including phenoxy) is 2. The maximum Gasteiger partial charge on any atom is 0.188 e. The Morgan fingerprint density at radius 1 is 0.853 bits per heavy atom. The number of aliphatic hydroxyl groups excluding tert-OH is 1. The molecule has 174 valence electrons. The highest BCUT2D eigenvalue weighted by Gasteiger charge is 2.26. The number of carbonyl (C=O) groups is 1. The smallest absolute Gasteiger partial charge is 0.188 e. The van der Waals surface area contributed by atoms with Crippen molar-refractivity contribution in [2.75, 3.05) is 32.2 Å². The minimum atomic E-state index is -0.104. The van der Waals surface area contributed by atoms with Gasteiger partial charge in [-0.05, 0) is 60.0 Å². The van der Waals surface area contributed by atoms with Gasteiger partial charge in [0.25, 0.3) is 0 Å². The van der Waals surface area contributed by atoms with E-state index in [0.717, 1.165) is 28.1 Å². The average molecular weight is 456 g/mol. The predicted octanol–water partition coefficient (Wildman–Crippen LogP) is 5.06. The number of rotatable bonds is 6. The lowest BCUT2D eigenvalue weighted by molar-refractivity contribution is -0.112. The van der Waals surface area contributed by atoms with Crippen molar-refractivity contribution in [1.29, 1.82) is 0 Å². The number of carbonyl (C=O) groups excluding carboxylic acids is 1. The van der Waals surface area contributed by atoms with Crippen molar-refractivity contribution in [2.24, 2.45) is 0 Å². The summed E-state index contributed by atoms with van der Waals surface area (Å²) < 4.78 is 10.9. The number of benzene rings is 3. The van der Waals surface area contributed by atoms with E-state index in [1.54, 1.807) is 14.2 Å². The molecule has 3 aromatic rings. The third-order valence-corrected chi connectivity index (χ3v) is 6.02. The summed E-state index contributed by atoms with van der Waals surface area (Å²) in [4.78, 5) is 15.7. The number of aliphatic hydroxyl groups is 1. The fraction of sp³-hybridized carbons (Fsp3) is 0.207. The summed E-state index contributed by atoms with van der Waals surface area (Å²) in [5.41, 5.74) is 6.00. The highest BCUT2D eigenvalue weighted by molar-refractivity contribution is 6.15. The van der Waals surface area contributed by atoms with Crippen molar-refractivity contribution in [3.8, 4) is 11.5 Å². The van der Waals surface area contributed by atoms with Crippen molar-refractivity contribution in [1.82, 2.24) is 0 Å². The third kappa shape index (κ3) is 5.05. The fourth-order valence-electron chi connectivity index (χ4n) is 4.17. The van der Waals surface area contributed by atoms with Gasteiger partial charge < -0.3 is 19.5 Å². The number of aryl methyl sites for hydroxylation is 1. The molecule has 1 saturated heterocycles. The molecular formula is C29H29NO4. The summed E-state index contributed by atoms with van der Waals surface area (Å²) in [5.74, 6) is 1.42. The zero-order valence-corrected chi connectivity index (χ0v) is 19.7. The van der Waals surface area contributed by atoms with Crippen LogP contribution in [0.15, 0.2) is 77.9 Å². The van der Waals surface area contributed by atoms with E-state index in [0.29, 0.717) is 35.5 Å². The zero-order chi connectivity index (χ0) is 24.1. The van der Waals surface area contributed by atoms with Crippen molar-refractivity contribution >= 4 is 23.6 Å². The maximum atomic E-state index is 13.5. The highest BCUT2D eigenvalue weighted by Crippen LogP contribution is 2.29. The molecule has 1 aliphatic heterocycles. The van der Waals surface area contributed by atoms with Gasteiger partial charge in [0.15, 0.2) is 5.78 Å². The van der Waals surface area contributed by atoms with E-state index in [1.165, 1.54) is 0 Å². The first kappa shape index (κ1) is 23.3. The Bertz CT molecular complexity index is 1240. The first-order valence-electron chi connectivity index (χ1n) is 11.2. The van der Waals surface area contributed by atoms with Gasteiger partial charge in [-0.3, -0.25) is 4.79 Å². The molecule has 0 amide bonds. The van der Waals surface area contributed by atoms with Crippen LogP contribution in [0.25, 0.3) is 12.2 Å². The number of para-hydroxylation sites is 1. The van der Waals surface area contributed by atoms with Crippen LogP contribution in [0.5, 0.6) is 11.5 Å². The Morgan fingerprint density at radius 3 is 2.03 bits per heavy atom. The second-order valence-corrected chi connectivity index (χ2v) is 8.32. The summed E-state index contributed by atoms with van der Waals surface area (Å²) in [5, 5.41) is 9.52. The van der Waals surface area contributed by atoms with E-state index in [2.05, 4.69) is 17.0 Å². The molecule has 1 N–H and O–H groups in total. The summed E-state index contributed by atoms with van der Waals surface area (Å²) in [6, 6.07) is 21.6. The lowest BCUT2D eigenvalue weighted by atomic mass is 9.93. The molecule has 5 heteroatoms. The van der Waals surface area contributed by atoms with Gasteiger partial charge >= 0.3 is 0 Å². The Kier molecular flexibility index (Phi) is 7.14. The van der Waals surface area contributed by atoms with Gasteiger partial charge in [-0.25, -0.2) is 0 Å². The van der Waals surface area contributed by atoms with E-state index in [-0.39, 0.29) is 12.4 Å². The second-order valence-electron chi connectivity index (χ2n) is 8.32. The molecule has 0 radical (unpaired) electrons. The first-order valence-corrected chi connectivity index (χ1v) is 11.2. The minimum Gasteiger partial charge on any atom is -0.496 e. The van der Waals surface area contributed by atoms with Crippen LogP contribution in [0, 0.1) is 6.92 Å². The van der Waals surface area contributed by atoms with Crippen molar-refractivity contribution in [3.63, 3.8) is 0 Å². The number of ketones is 1. The number of piperidine rings is 1. The van der Waals surface area contributed by atoms with Crippen LogP contribution in [-0.4, -0.2) is 38.2 Å². The van der Waals surface area contributed by atoms with E-state index < -0.39 is 0 Å². The molecule has 0 bridgehead atoms. The molecule has 0 unspecified atom stereocenters. The number of hydrogen-bond acceptors (Lipinski definition) is 5. The topological polar surface area (TPSA) is 59.0 Å². The number of anilines is 1. The molecule has 34 heavy (non-hydrogen) atoms. The minimum absolute atomic E-state index is 0.0249. The monoisotopic (exact) mass is 455 g/mol. The molecule has 0 spiro atoms. The van der Waals surface area contributed by atoms with Crippen molar-refractivity contribution in [2.45, 2.75) is 13.5 Å². The summed E-state index contributed by atoms with van der Waals surface area (Å²) in [6.45, 7) is 2.91. The molecule has 1 heterocycles. The molecule has 1 aliphatic rings. The highest BCUT2D eigenvalue weighted by atomic mass is 16.5. The molecule has 5 nitrogen and oxygen atoms in total. The van der Waals surface area contributed by atoms with Gasteiger partial charge in [0.1, 0.15) is 11.5 Å². The SMILES string of the molecule is COc1cc(/C=C2\CN(c3ccccc3)C/C(=C\c3ccc(CO)c(OC)c3)C2=O)ccc1C. The number of Topliss-reactive ketones (excluding diaryl/α,β-unsaturated/α-hetero) is 1. The van der Waals surface area contributed by atoms with E-state index in [4.69, 9.17) is 9.47 Å². The van der Waals surface area contributed by atoms with Gasteiger partial charge in [0.05, 0.1) is 20.8 Å². The summed E-state index contributed by atoms with van der Waals surface area (Å²) >= 11 is 0. The van der Waals surface area contributed by atoms with Crippen LogP contribution < -0.4 is 14.4 Å². The lowest BCUT2D eigenvalue weighted by Crippen LogP contribution is -2.37. The van der Waals surface area contributed by atoms with Crippen LogP contribution in [0.4, 0.5) is 5.69 Å². The molecule has 0 saturated carbocycles. The molecule has 4 rings (SSSR count). The van der Waals surface area contributed by atoms with Gasteiger partial charge in [0, 0.05) is 35.5 Å². The average Bonchev–Trinajstić information content (AvgIpc) is 2.87. The summed E-state index contributed by atoms with van der Waals surface area (Å²) in [6.07, 6.45) is 3.85. The second kappa shape index (κ2) is 10.4. The number of nitrogens with zero attached hydrogens (tertiary/aromatic N) is 1. The lowest BCUT2D eigenvalue weighted by Gasteiger charge is -2.31. The van der Waals surface area contributed by atoms with Crippen LogP contribution in [0.2, 0.25) is 0 Å². The van der Waals surface area contributed by atoms with Crippen LogP contribution in [0.1, 0.15) is 22.3 Å². The molecular weight excluding hydrogens is 426 g/mol. The molecule has 0 aliphatic carbocycles. The number of methoxy groups -OCH3 is 2. The number of hydrogen-bond donors (Lipinski definition) is 1. The Hall–Kier alpha value is -3.83. The van der Waals surface area contributed by atoms with Crippen LogP contribution in [-0.2, 0) is 11.4 Å². The molecule has 3 aromatic carbocycles. The standard InChI is InChI=1S/C29H29NO4/c1-20-9-10-21(15-27(20)33-2)13-24-17-30(26-7-5-4-6-8-26)18-25(29(24)32)14-22-11-12-23(19-31)28(16-22)34-3/h4-16,31H,17-19H2,1-3H3/b24-13+,25-14+. The van der Waals surface area contributed by atoms with E-state index in [1.807, 2.05) is 73.7 Å². The van der Waals surface area contributed by atoms with E-state index >= 15 is 0 Å². The largest absolute Gasteiger partial charge is 0.496 e. The van der Waals surface area contributed by atoms with Gasteiger partial charge in [-0.2, -0.15) is 0 Å². The van der Waals surface area contributed by atoms with Crippen LogP contribution >= 0.6 is 0 Å². The summed E-state index contributed by atoms with van der Waals surface area (Å²) in [7, 11) is 3.23. The zero-order valence-electron chi connectivity index (χ0n) is 19.7. The van der Waals surface area contributed by atoms with Crippen molar-refractivity contribution < 1.29 is 19.4 Å².